The molecule has 4 heteroatoms. The molecule has 0 amide bonds. The lowest BCUT2D eigenvalue weighted by Gasteiger charge is -2.05. The molecule has 13 heavy (non-hydrogen) atoms. The second-order valence-corrected chi connectivity index (χ2v) is 3.03. The van der Waals surface area contributed by atoms with Crippen LogP contribution in [0, 0.1) is 17.2 Å². The summed E-state index contributed by atoms with van der Waals surface area (Å²) in [6, 6.07) is 2.18. The van der Waals surface area contributed by atoms with Crippen LogP contribution in [0.4, 0.5) is 0 Å². The van der Waals surface area contributed by atoms with Crippen LogP contribution >= 0.6 is 0 Å². The molecule has 0 aliphatic carbocycles. The van der Waals surface area contributed by atoms with Crippen molar-refractivity contribution in [3.05, 3.63) is 18.7 Å². The van der Waals surface area contributed by atoms with E-state index in [1.54, 1.807) is 12.5 Å². The maximum Gasteiger partial charge on any atom is 0.0946 e. The standard InChI is InChI=1S/C9H14N4/c1-9(6-10)7-11-2-4-13-5-3-12-8-13/h3,5,8-9,11H,2,4,7H2,1H3. The van der Waals surface area contributed by atoms with Gasteiger partial charge in [0.25, 0.3) is 0 Å². The van der Waals surface area contributed by atoms with Crippen molar-refractivity contribution in [2.75, 3.05) is 13.1 Å². The third-order valence-corrected chi connectivity index (χ3v) is 1.78. The van der Waals surface area contributed by atoms with Gasteiger partial charge in [-0.3, -0.25) is 0 Å². The van der Waals surface area contributed by atoms with Crippen LogP contribution in [0.1, 0.15) is 6.92 Å². The Labute approximate surface area is 78.2 Å². The van der Waals surface area contributed by atoms with E-state index in [-0.39, 0.29) is 5.92 Å². The highest BCUT2D eigenvalue weighted by Gasteiger charge is 1.97. The van der Waals surface area contributed by atoms with Crippen molar-refractivity contribution >= 4 is 0 Å². The zero-order chi connectivity index (χ0) is 9.52. The minimum atomic E-state index is 0.0859. The Bertz CT molecular complexity index is 260. The molecule has 0 aliphatic rings. The summed E-state index contributed by atoms with van der Waals surface area (Å²) in [5, 5.41) is 11.7. The largest absolute Gasteiger partial charge is 0.336 e. The molecule has 70 valence electrons. The van der Waals surface area contributed by atoms with E-state index in [2.05, 4.69) is 16.4 Å². The van der Waals surface area contributed by atoms with Crippen LogP contribution in [0.2, 0.25) is 0 Å². The van der Waals surface area contributed by atoms with Gasteiger partial charge in [-0.1, -0.05) is 0 Å². The van der Waals surface area contributed by atoms with E-state index in [0.717, 1.165) is 19.6 Å². The summed E-state index contributed by atoms with van der Waals surface area (Å²) >= 11 is 0. The molecule has 0 aromatic carbocycles. The van der Waals surface area contributed by atoms with Gasteiger partial charge >= 0.3 is 0 Å². The van der Waals surface area contributed by atoms with Crippen molar-refractivity contribution in [2.45, 2.75) is 13.5 Å². The van der Waals surface area contributed by atoms with E-state index in [9.17, 15) is 0 Å². The molecule has 1 N–H and O–H groups in total. The Kier molecular flexibility index (Phi) is 4.00. The Morgan fingerprint density at radius 1 is 1.69 bits per heavy atom. The molecule has 0 fully saturated rings. The van der Waals surface area contributed by atoms with Crippen LogP contribution in [-0.2, 0) is 6.54 Å². The van der Waals surface area contributed by atoms with E-state index in [1.807, 2.05) is 17.7 Å². The first-order valence-electron chi connectivity index (χ1n) is 4.39. The maximum absolute atomic E-state index is 8.51. The van der Waals surface area contributed by atoms with Crippen LogP contribution in [0.15, 0.2) is 18.7 Å². The van der Waals surface area contributed by atoms with Crippen LogP contribution in [0.25, 0.3) is 0 Å². The number of nitriles is 1. The smallest absolute Gasteiger partial charge is 0.0946 e. The quantitative estimate of drug-likeness (QED) is 0.673. The average Bonchev–Trinajstić information content (AvgIpc) is 2.64. The van der Waals surface area contributed by atoms with Gasteiger partial charge in [0.15, 0.2) is 0 Å². The molecule has 1 aromatic rings. The number of hydrogen-bond donors (Lipinski definition) is 1. The van der Waals surface area contributed by atoms with Gasteiger partial charge in [-0.2, -0.15) is 5.26 Å². The van der Waals surface area contributed by atoms with Crippen molar-refractivity contribution in [2.24, 2.45) is 5.92 Å². The highest BCUT2D eigenvalue weighted by atomic mass is 15.0. The first-order chi connectivity index (χ1) is 6.33. The monoisotopic (exact) mass is 178 g/mol. The fourth-order valence-corrected chi connectivity index (χ4v) is 0.991. The molecular weight excluding hydrogens is 164 g/mol. The van der Waals surface area contributed by atoms with E-state index < -0.39 is 0 Å². The van der Waals surface area contributed by atoms with Gasteiger partial charge < -0.3 is 9.88 Å². The SMILES string of the molecule is CC(C#N)CNCCn1ccnc1. The number of nitrogens with zero attached hydrogens (tertiary/aromatic N) is 3. The summed E-state index contributed by atoms with van der Waals surface area (Å²) in [6.07, 6.45) is 5.47. The van der Waals surface area contributed by atoms with Crippen molar-refractivity contribution in [1.82, 2.24) is 14.9 Å². The Balaban J connectivity index is 2.06. The fraction of sp³-hybridized carbons (Fsp3) is 0.556. The van der Waals surface area contributed by atoms with Gasteiger partial charge in [0.2, 0.25) is 0 Å². The van der Waals surface area contributed by atoms with Crippen LogP contribution in [0.5, 0.6) is 0 Å². The molecule has 1 unspecified atom stereocenters. The second-order valence-electron chi connectivity index (χ2n) is 3.03. The molecular formula is C9H14N4. The van der Waals surface area contributed by atoms with E-state index in [1.165, 1.54) is 0 Å². The summed E-state index contributed by atoms with van der Waals surface area (Å²) in [6.45, 7) is 4.44. The van der Waals surface area contributed by atoms with Gasteiger partial charge in [-0.05, 0) is 6.92 Å². The molecule has 0 saturated carbocycles. The highest BCUT2D eigenvalue weighted by molar-refractivity contribution is 4.80. The van der Waals surface area contributed by atoms with E-state index in [4.69, 9.17) is 5.26 Å². The van der Waals surface area contributed by atoms with Crippen molar-refractivity contribution in [1.29, 1.82) is 5.26 Å². The first kappa shape index (κ1) is 9.75. The maximum atomic E-state index is 8.51. The highest BCUT2D eigenvalue weighted by Crippen LogP contribution is 1.88. The number of imidazole rings is 1. The van der Waals surface area contributed by atoms with Gasteiger partial charge in [0.1, 0.15) is 0 Å². The molecule has 0 spiro atoms. The predicted molar refractivity (Wildman–Crippen MR) is 49.9 cm³/mol. The molecule has 0 radical (unpaired) electrons. The zero-order valence-corrected chi connectivity index (χ0v) is 7.77. The van der Waals surface area contributed by atoms with Crippen molar-refractivity contribution < 1.29 is 0 Å². The van der Waals surface area contributed by atoms with Crippen LogP contribution < -0.4 is 5.32 Å². The number of nitrogens with one attached hydrogen (secondary N) is 1. The third-order valence-electron chi connectivity index (χ3n) is 1.78. The summed E-state index contributed by atoms with van der Waals surface area (Å²) in [5.74, 6) is 0.0859. The lowest BCUT2D eigenvalue weighted by Crippen LogP contribution is -2.24. The summed E-state index contributed by atoms with van der Waals surface area (Å²) in [7, 11) is 0. The average molecular weight is 178 g/mol. The Morgan fingerprint density at radius 2 is 2.54 bits per heavy atom. The van der Waals surface area contributed by atoms with Crippen molar-refractivity contribution in [3.63, 3.8) is 0 Å². The lowest BCUT2D eigenvalue weighted by molar-refractivity contribution is 0.556. The van der Waals surface area contributed by atoms with Crippen LogP contribution in [-0.4, -0.2) is 22.6 Å². The van der Waals surface area contributed by atoms with Gasteiger partial charge in [0.05, 0.1) is 18.3 Å². The third kappa shape index (κ3) is 3.72. The molecule has 4 nitrogen and oxygen atoms in total. The van der Waals surface area contributed by atoms with E-state index >= 15 is 0 Å². The van der Waals surface area contributed by atoms with Crippen molar-refractivity contribution in [3.8, 4) is 6.07 Å². The zero-order valence-electron chi connectivity index (χ0n) is 7.77. The Hall–Kier alpha value is -1.34. The number of aromatic nitrogens is 2. The summed E-state index contributed by atoms with van der Waals surface area (Å²) in [4.78, 5) is 3.94. The minimum absolute atomic E-state index is 0.0859. The summed E-state index contributed by atoms with van der Waals surface area (Å²) in [5.41, 5.74) is 0. The van der Waals surface area contributed by atoms with Gasteiger partial charge in [-0.15, -0.1) is 0 Å². The van der Waals surface area contributed by atoms with Crippen LogP contribution in [0.3, 0.4) is 0 Å². The molecule has 1 rings (SSSR count). The second kappa shape index (κ2) is 5.33. The topological polar surface area (TPSA) is 53.6 Å². The number of hydrogen-bond acceptors (Lipinski definition) is 3. The van der Waals surface area contributed by atoms with Gasteiger partial charge in [0, 0.05) is 32.0 Å². The molecule has 0 aliphatic heterocycles. The minimum Gasteiger partial charge on any atom is -0.336 e. The summed E-state index contributed by atoms with van der Waals surface area (Å²) < 4.78 is 2.00. The predicted octanol–water partition coefficient (Wildman–Crippen LogP) is 0.632. The molecule has 0 bridgehead atoms. The Morgan fingerprint density at radius 3 is 3.15 bits per heavy atom. The fourth-order valence-electron chi connectivity index (χ4n) is 0.991. The molecule has 0 saturated heterocycles. The van der Waals surface area contributed by atoms with Gasteiger partial charge in [-0.25, -0.2) is 4.98 Å². The number of rotatable bonds is 5. The lowest BCUT2D eigenvalue weighted by atomic mass is 10.2. The molecule has 1 heterocycles. The van der Waals surface area contributed by atoms with E-state index in [0.29, 0.717) is 0 Å². The first-order valence-corrected chi connectivity index (χ1v) is 4.39. The normalized spacial score (nSPS) is 12.3. The molecule has 1 atom stereocenters. The molecule has 1 aromatic heterocycles.